The molecule has 6 heteroatoms. The van der Waals surface area contributed by atoms with Crippen molar-refractivity contribution in [1.82, 2.24) is 5.32 Å². The number of rotatable bonds is 6. The molecule has 2 aromatic rings. The molecular weight excluding hydrogens is 272 g/mol. The van der Waals surface area contributed by atoms with E-state index >= 15 is 0 Å². The molecule has 21 heavy (non-hydrogen) atoms. The topological polar surface area (TPSA) is 72.7 Å². The Morgan fingerprint density at radius 1 is 1.19 bits per heavy atom. The molecule has 1 aromatic carbocycles. The zero-order chi connectivity index (χ0) is 14.5. The van der Waals surface area contributed by atoms with Gasteiger partial charge in [0.1, 0.15) is 5.76 Å². The zero-order valence-electron chi connectivity index (χ0n) is 11.4. The maximum absolute atomic E-state index is 11.8. The molecule has 0 aliphatic carbocycles. The zero-order valence-corrected chi connectivity index (χ0v) is 11.4. The number of hydrogen-bond acceptors (Lipinski definition) is 5. The minimum atomic E-state index is -0.0548. The van der Waals surface area contributed by atoms with Crippen molar-refractivity contribution in [3.05, 3.63) is 42.4 Å². The molecule has 1 aliphatic heterocycles. The van der Waals surface area contributed by atoms with Crippen LogP contribution < -0.4 is 20.1 Å². The van der Waals surface area contributed by atoms with E-state index in [1.807, 2.05) is 12.1 Å². The van der Waals surface area contributed by atoms with Crippen LogP contribution in [-0.4, -0.2) is 19.2 Å². The lowest BCUT2D eigenvalue weighted by molar-refractivity contribution is -0.116. The average molecular weight is 288 g/mol. The molecule has 110 valence electrons. The third-order valence-corrected chi connectivity index (χ3v) is 3.06. The summed E-state index contributed by atoms with van der Waals surface area (Å²) in [5.41, 5.74) is 0.704. The highest BCUT2D eigenvalue weighted by molar-refractivity contribution is 5.91. The number of ether oxygens (including phenoxy) is 2. The fourth-order valence-corrected chi connectivity index (χ4v) is 2.02. The maximum Gasteiger partial charge on any atom is 0.231 e. The second-order valence-electron chi connectivity index (χ2n) is 4.62. The van der Waals surface area contributed by atoms with E-state index in [4.69, 9.17) is 13.9 Å². The van der Waals surface area contributed by atoms with E-state index in [0.717, 1.165) is 5.76 Å². The second-order valence-corrected chi connectivity index (χ2v) is 4.62. The van der Waals surface area contributed by atoms with Gasteiger partial charge in [0.25, 0.3) is 0 Å². The molecule has 2 N–H and O–H groups in total. The van der Waals surface area contributed by atoms with Crippen LogP contribution in [0.1, 0.15) is 12.2 Å². The van der Waals surface area contributed by atoms with Crippen LogP contribution in [0.4, 0.5) is 5.69 Å². The van der Waals surface area contributed by atoms with Crippen LogP contribution in [0, 0.1) is 0 Å². The number of anilines is 1. The lowest BCUT2D eigenvalue weighted by Crippen LogP contribution is -2.21. The minimum Gasteiger partial charge on any atom is -0.468 e. The molecule has 0 saturated carbocycles. The van der Waals surface area contributed by atoms with Gasteiger partial charge in [-0.2, -0.15) is 0 Å². The average Bonchev–Trinajstić information content (AvgIpc) is 3.14. The molecular formula is C15H16N2O4. The van der Waals surface area contributed by atoms with E-state index in [1.54, 1.807) is 24.5 Å². The molecule has 0 fully saturated rings. The fraction of sp³-hybridized carbons (Fsp3) is 0.267. The van der Waals surface area contributed by atoms with Crippen molar-refractivity contribution < 1.29 is 18.7 Å². The van der Waals surface area contributed by atoms with Crippen LogP contribution in [0.3, 0.4) is 0 Å². The van der Waals surface area contributed by atoms with Gasteiger partial charge in [0.05, 0.1) is 12.8 Å². The predicted molar refractivity (Wildman–Crippen MR) is 76.2 cm³/mol. The van der Waals surface area contributed by atoms with Crippen LogP contribution in [0.2, 0.25) is 0 Å². The number of carbonyl (C=O) groups is 1. The number of carbonyl (C=O) groups excluding carboxylic acids is 1. The highest BCUT2D eigenvalue weighted by atomic mass is 16.7. The summed E-state index contributed by atoms with van der Waals surface area (Å²) in [5, 5.41) is 5.97. The molecule has 0 bridgehead atoms. The SMILES string of the molecule is O=C(CCNCc1ccco1)Nc1ccc2c(c1)OCO2. The summed E-state index contributed by atoms with van der Waals surface area (Å²) in [4.78, 5) is 11.8. The van der Waals surface area contributed by atoms with Crippen LogP contribution in [0.25, 0.3) is 0 Å². The molecule has 0 radical (unpaired) electrons. The van der Waals surface area contributed by atoms with Crippen molar-refractivity contribution >= 4 is 11.6 Å². The molecule has 0 atom stereocenters. The number of amides is 1. The third-order valence-electron chi connectivity index (χ3n) is 3.06. The largest absolute Gasteiger partial charge is 0.468 e. The number of furan rings is 1. The first-order valence-electron chi connectivity index (χ1n) is 6.74. The summed E-state index contributed by atoms with van der Waals surface area (Å²) >= 11 is 0. The summed E-state index contributed by atoms with van der Waals surface area (Å²) in [7, 11) is 0. The van der Waals surface area contributed by atoms with Crippen LogP contribution in [0.15, 0.2) is 41.0 Å². The van der Waals surface area contributed by atoms with E-state index in [0.29, 0.717) is 36.7 Å². The second kappa shape index (κ2) is 6.32. The summed E-state index contributed by atoms with van der Waals surface area (Å²) in [6, 6.07) is 9.06. The highest BCUT2D eigenvalue weighted by Crippen LogP contribution is 2.34. The quantitative estimate of drug-likeness (QED) is 0.797. The van der Waals surface area contributed by atoms with Crippen LogP contribution in [0.5, 0.6) is 11.5 Å². The molecule has 1 amide bonds. The van der Waals surface area contributed by atoms with Gasteiger partial charge in [0.15, 0.2) is 11.5 Å². The first kappa shape index (κ1) is 13.5. The Kier molecular flexibility index (Phi) is 4.07. The number of benzene rings is 1. The molecule has 0 spiro atoms. The van der Waals surface area contributed by atoms with Crippen molar-refractivity contribution in [2.24, 2.45) is 0 Å². The maximum atomic E-state index is 11.8. The van der Waals surface area contributed by atoms with Gasteiger partial charge in [-0.05, 0) is 24.3 Å². The summed E-state index contributed by atoms with van der Waals surface area (Å²) < 4.78 is 15.7. The summed E-state index contributed by atoms with van der Waals surface area (Å²) in [5.74, 6) is 2.16. The minimum absolute atomic E-state index is 0.0548. The normalized spacial score (nSPS) is 12.4. The Balaban J connectivity index is 1.41. The van der Waals surface area contributed by atoms with Crippen molar-refractivity contribution in [1.29, 1.82) is 0 Å². The first-order chi connectivity index (χ1) is 10.3. The van der Waals surface area contributed by atoms with E-state index in [9.17, 15) is 4.79 Å². The van der Waals surface area contributed by atoms with Crippen LogP contribution >= 0.6 is 0 Å². The highest BCUT2D eigenvalue weighted by Gasteiger charge is 2.13. The Bertz CT molecular complexity index is 610. The molecule has 3 rings (SSSR count). The van der Waals surface area contributed by atoms with Gasteiger partial charge < -0.3 is 24.5 Å². The van der Waals surface area contributed by atoms with Gasteiger partial charge >= 0.3 is 0 Å². The summed E-state index contributed by atoms with van der Waals surface area (Å²) in [6.07, 6.45) is 2.01. The lowest BCUT2D eigenvalue weighted by atomic mass is 10.2. The Labute approximate surface area is 122 Å². The molecule has 6 nitrogen and oxygen atoms in total. The number of hydrogen-bond donors (Lipinski definition) is 2. The third kappa shape index (κ3) is 3.55. The lowest BCUT2D eigenvalue weighted by Gasteiger charge is -2.06. The molecule has 2 heterocycles. The van der Waals surface area contributed by atoms with Gasteiger partial charge in [-0.1, -0.05) is 0 Å². The van der Waals surface area contributed by atoms with E-state index < -0.39 is 0 Å². The summed E-state index contributed by atoms with van der Waals surface area (Å²) in [6.45, 7) is 1.42. The standard InChI is InChI=1S/C15H16N2O4/c18-15(5-6-16-9-12-2-1-7-19-12)17-11-3-4-13-14(8-11)21-10-20-13/h1-4,7-8,16H,5-6,9-10H2,(H,17,18). The molecule has 0 saturated heterocycles. The van der Waals surface area contributed by atoms with Gasteiger partial charge in [-0.15, -0.1) is 0 Å². The van der Waals surface area contributed by atoms with E-state index in [-0.39, 0.29) is 12.7 Å². The van der Waals surface area contributed by atoms with Gasteiger partial charge in [0.2, 0.25) is 12.7 Å². The van der Waals surface area contributed by atoms with Gasteiger partial charge in [0, 0.05) is 24.7 Å². The van der Waals surface area contributed by atoms with E-state index in [1.165, 1.54) is 0 Å². The predicted octanol–water partition coefficient (Wildman–Crippen LogP) is 2.13. The van der Waals surface area contributed by atoms with Crippen molar-refractivity contribution in [2.45, 2.75) is 13.0 Å². The monoisotopic (exact) mass is 288 g/mol. The number of nitrogens with one attached hydrogen (secondary N) is 2. The Hall–Kier alpha value is -2.47. The van der Waals surface area contributed by atoms with Gasteiger partial charge in [-0.25, -0.2) is 0 Å². The number of fused-ring (bicyclic) bond motifs is 1. The van der Waals surface area contributed by atoms with Crippen LogP contribution in [-0.2, 0) is 11.3 Å². The smallest absolute Gasteiger partial charge is 0.231 e. The molecule has 0 unspecified atom stereocenters. The van der Waals surface area contributed by atoms with Crippen molar-refractivity contribution in [2.75, 3.05) is 18.7 Å². The first-order valence-corrected chi connectivity index (χ1v) is 6.74. The van der Waals surface area contributed by atoms with E-state index in [2.05, 4.69) is 10.6 Å². The fourth-order valence-electron chi connectivity index (χ4n) is 2.02. The Morgan fingerprint density at radius 3 is 2.95 bits per heavy atom. The van der Waals surface area contributed by atoms with Crippen molar-refractivity contribution in [3.8, 4) is 11.5 Å². The molecule has 1 aliphatic rings. The van der Waals surface area contributed by atoms with Gasteiger partial charge in [-0.3, -0.25) is 4.79 Å². The Morgan fingerprint density at radius 2 is 2.10 bits per heavy atom. The van der Waals surface area contributed by atoms with Crippen molar-refractivity contribution in [3.63, 3.8) is 0 Å². The molecule has 1 aromatic heterocycles.